The molecule has 0 saturated carbocycles. The highest BCUT2D eigenvalue weighted by Crippen LogP contribution is 2.36. The van der Waals surface area contributed by atoms with E-state index in [1.54, 1.807) is 0 Å². The van der Waals surface area contributed by atoms with Crippen LogP contribution in [-0.2, 0) is 17.3 Å². The molecule has 1 unspecified atom stereocenters. The fraction of sp³-hybridized carbons (Fsp3) is 0.381. The zero-order valence-electron chi connectivity index (χ0n) is 16.2. The number of anilines is 2. The Balaban J connectivity index is 1.43. The Morgan fingerprint density at radius 1 is 1.13 bits per heavy atom. The maximum Gasteiger partial charge on any atom is 0.416 e. The summed E-state index contributed by atoms with van der Waals surface area (Å²) in [6.45, 7) is 2.27. The molecule has 2 aliphatic heterocycles. The van der Waals surface area contributed by atoms with Crippen LogP contribution < -0.4 is 20.3 Å². The lowest BCUT2D eigenvalue weighted by atomic mass is 10.1. The SMILES string of the molecule is O=C(NCC1Cc2ccccc2O1)Nc1cc(C(F)(F)F)ccc1N1CCOCC1. The van der Waals surface area contributed by atoms with Crippen LogP contribution in [0, 0.1) is 0 Å². The van der Waals surface area contributed by atoms with Gasteiger partial charge in [-0.2, -0.15) is 13.2 Å². The van der Waals surface area contributed by atoms with Crippen LogP contribution in [0.5, 0.6) is 5.75 Å². The van der Waals surface area contributed by atoms with E-state index in [0.29, 0.717) is 38.4 Å². The van der Waals surface area contributed by atoms with Gasteiger partial charge >= 0.3 is 12.2 Å². The summed E-state index contributed by atoms with van der Waals surface area (Å²) in [6.07, 6.45) is -4.05. The number of hydrogen-bond donors (Lipinski definition) is 2. The molecule has 2 N–H and O–H groups in total. The number of carbonyl (C=O) groups is 1. The third-order valence-corrected chi connectivity index (χ3v) is 5.13. The fourth-order valence-electron chi connectivity index (χ4n) is 3.63. The van der Waals surface area contributed by atoms with Gasteiger partial charge in [-0.3, -0.25) is 0 Å². The lowest BCUT2D eigenvalue weighted by Gasteiger charge is -2.31. The van der Waals surface area contributed by atoms with Crippen molar-refractivity contribution >= 4 is 17.4 Å². The summed E-state index contributed by atoms with van der Waals surface area (Å²) in [5.41, 5.74) is 0.896. The molecule has 160 valence electrons. The maximum atomic E-state index is 13.2. The van der Waals surface area contributed by atoms with Crippen LogP contribution in [0.15, 0.2) is 42.5 Å². The Kier molecular flexibility index (Phi) is 5.72. The van der Waals surface area contributed by atoms with E-state index in [4.69, 9.17) is 9.47 Å². The van der Waals surface area contributed by atoms with E-state index < -0.39 is 17.8 Å². The number of nitrogens with zero attached hydrogens (tertiary/aromatic N) is 1. The van der Waals surface area contributed by atoms with Gasteiger partial charge in [0.05, 0.1) is 36.7 Å². The van der Waals surface area contributed by atoms with Crippen molar-refractivity contribution in [3.05, 3.63) is 53.6 Å². The molecule has 0 aromatic heterocycles. The number of hydrogen-bond acceptors (Lipinski definition) is 4. The second-order valence-corrected chi connectivity index (χ2v) is 7.22. The van der Waals surface area contributed by atoms with Gasteiger partial charge in [-0.25, -0.2) is 4.79 Å². The van der Waals surface area contributed by atoms with E-state index in [9.17, 15) is 18.0 Å². The van der Waals surface area contributed by atoms with Crippen molar-refractivity contribution in [2.75, 3.05) is 43.1 Å². The minimum Gasteiger partial charge on any atom is -0.488 e. The van der Waals surface area contributed by atoms with Crippen molar-refractivity contribution in [3.63, 3.8) is 0 Å². The van der Waals surface area contributed by atoms with Crippen molar-refractivity contribution in [1.29, 1.82) is 0 Å². The molecule has 0 bridgehead atoms. The van der Waals surface area contributed by atoms with Gasteiger partial charge in [-0.15, -0.1) is 0 Å². The minimum absolute atomic E-state index is 0.111. The highest BCUT2D eigenvalue weighted by molar-refractivity contribution is 5.93. The summed E-state index contributed by atoms with van der Waals surface area (Å²) in [7, 11) is 0. The summed E-state index contributed by atoms with van der Waals surface area (Å²) in [4.78, 5) is 14.3. The number of ether oxygens (including phenoxy) is 2. The molecule has 2 heterocycles. The first-order chi connectivity index (χ1) is 14.4. The molecule has 1 saturated heterocycles. The molecule has 2 aromatic rings. The Morgan fingerprint density at radius 2 is 1.90 bits per heavy atom. The summed E-state index contributed by atoms with van der Waals surface area (Å²) in [6, 6.07) is 10.4. The zero-order valence-corrected chi connectivity index (χ0v) is 16.2. The van der Waals surface area contributed by atoms with E-state index in [2.05, 4.69) is 10.6 Å². The van der Waals surface area contributed by atoms with E-state index in [1.165, 1.54) is 6.07 Å². The van der Waals surface area contributed by atoms with Crippen molar-refractivity contribution in [3.8, 4) is 5.75 Å². The number of alkyl halides is 3. The molecule has 2 aliphatic rings. The zero-order chi connectivity index (χ0) is 21.1. The number of benzene rings is 2. The number of urea groups is 1. The smallest absolute Gasteiger partial charge is 0.416 e. The third-order valence-electron chi connectivity index (χ3n) is 5.13. The Hall–Kier alpha value is -2.94. The van der Waals surface area contributed by atoms with Crippen molar-refractivity contribution in [2.24, 2.45) is 0 Å². The molecule has 30 heavy (non-hydrogen) atoms. The molecule has 2 aromatic carbocycles. The summed E-state index contributed by atoms with van der Waals surface area (Å²) in [5, 5.41) is 5.27. The van der Waals surface area contributed by atoms with E-state index in [-0.39, 0.29) is 18.3 Å². The first kappa shape index (κ1) is 20.3. The molecular weight excluding hydrogens is 399 g/mol. The summed E-state index contributed by atoms with van der Waals surface area (Å²) in [5.74, 6) is 0.789. The van der Waals surface area contributed by atoms with Crippen LogP contribution in [0.1, 0.15) is 11.1 Å². The van der Waals surface area contributed by atoms with Crippen LogP contribution in [0.3, 0.4) is 0 Å². The highest BCUT2D eigenvalue weighted by atomic mass is 19.4. The molecule has 6 nitrogen and oxygen atoms in total. The minimum atomic E-state index is -4.50. The second kappa shape index (κ2) is 8.43. The number of para-hydroxylation sites is 1. The predicted molar refractivity (Wildman–Crippen MR) is 106 cm³/mol. The largest absolute Gasteiger partial charge is 0.488 e. The second-order valence-electron chi connectivity index (χ2n) is 7.22. The summed E-state index contributed by atoms with van der Waals surface area (Å²) >= 11 is 0. The number of halogens is 3. The average molecular weight is 421 g/mol. The van der Waals surface area contributed by atoms with Gasteiger partial charge in [0.2, 0.25) is 0 Å². The number of morpholine rings is 1. The monoisotopic (exact) mass is 421 g/mol. The molecule has 0 spiro atoms. The Labute approximate surface area is 172 Å². The molecule has 1 fully saturated rings. The first-order valence-corrected chi connectivity index (χ1v) is 9.73. The Bertz CT molecular complexity index is 889. The number of fused-ring (bicyclic) bond motifs is 1. The predicted octanol–water partition coefficient (Wildman–Crippen LogP) is 3.67. The topological polar surface area (TPSA) is 62.8 Å². The molecule has 0 radical (unpaired) electrons. The maximum absolute atomic E-state index is 13.2. The van der Waals surface area contributed by atoms with Gasteiger partial charge in [0, 0.05) is 19.5 Å². The lowest BCUT2D eigenvalue weighted by Crippen LogP contribution is -2.39. The van der Waals surface area contributed by atoms with E-state index >= 15 is 0 Å². The van der Waals surface area contributed by atoms with Crippen LogP contribution in [-0.4, -0.2) is 45.0 Å². The standard InChI is InChI=1S/C21H22F3N3O3/c22-21(23,24)15-5-6-18(27-7-9-29-10-8-27)17(12-15)26-20(28)25-13-16-11-14-3-1-2-4-19(14)30-16/h1-6,12,16H,7-11,13H2,(H2,25,26,28). The Morgan fingerprint density at radius 3 is 2.63 bits per heavy atom. The molecule has 0 aliphatic carbocycles. The van der Waals surface area contributed by atoms with Gasteiger partial charge in [-0.1, -0.05) is 18.2 Å². The fourth-order valence-corrected chi connectivity index (χ4v) is 3.63. The van der Waals surface area contributed by atoms with Gasteiger partial charge in [-0.05, 0) is 29.8 Å². The first-order valence-electron chi connectivity index (χ1n) is 9.73. The van der Waals surface area contributed by atoms with Gasteiger partial charge in [0.15, 0.2) is 0 Å². The molecule has 1 atom stereocenters. The number of amides is 2. The van der Waals surface area contributed by atoms with Crippen LogP contribution in [0.25, 0.3) is 0 Å². The van der Waals surface area contributed by atoms with Crippen molar-refractivity contribution in [2.45, 2.75) is 18.7 Å². The number of carbonyl (C=O) groups excluding carboxylic acids is 1. The van der Waals surface area contributed by atoms with Crippen LogP contribution in [0.2, 0.25) is 0 Å². The molecule has 4 rings (SSSR count). The number of nitrogens with one attached hydrogen (secondary N) is 2. The summed E-state index contributed by atoms with van der Waals surface area (Å²) < 4.78 is 50.6. The molecular formula is C21H22F3N3O3. The van der Waals surface area contributed by atoms with Crippen LogP contribution in [0.4, 0.5) is 29.3 Å². The van der Waals surface area contributed by atoms with Crippen molar-refractivity contribution < 1.29 is 27.4 Å². The highest BCUT2D eigenvalue weighted by Gasteiger charge is 2.32. The van der Waals surface area contributed by atoms with Gasteiger partial charge < -0.3 is 25.0 Å². The van der Waals surface area contributed by atoms with Gasteiger partial charge in [0.1, 0.15) is 11.9 Å². The van der Waals surface area contributed by atoms with Crippen molar-refractivity contribution in [1.82, 2.24) is 5.32 Å². The molecule has 9 heteroatoms. The number of rotatable bonds is 4. The van der Waals surface area contributed by atoms with E-state index in [1.807, 2.05) is 29.2 Å². The third kappa shape index (κ3) is 4.62. The van der Waals surface area contributed by atoms with Crippen LogP contribution >= 0.6 is 0 Å². The average Bonchev–Trinajstić information content (AvgIpc) is 3.15. The van der Waals surface area contributed by atoms with E-state index in [0.717, 1.165) is 23.4 Å². The lowest BCUT2D eigenvalue weighted by molar-refractivity contribution is -0.137. The van der Waals surface area contributed by atoms with Gasteiger partial charge in [0.25, 0.3) is 0 Å². The molecule has 2 amide bonds. The normalized spacial score (nSPS) is 18.5. The quantitative estimate of drug-likeness (QED) is 0.791.